The fourth-order valence-electron chi connectivity index (χ4n) is 0.248. The number of rotatable bonds is 1. The van der Waals surface area contributed by atoms with Crippen LogP contribution >= 0.6 is 11.5 Å². The van der Waals surface area contributed by atoms with Crippen molar-refractivity contribution in [2.45, 2.75) is 0 Å². The van der Waals surface area contributed by atoms with Crippen LogP contribution in [-0.2, 0) is 0 Å². The lowest BCUT2D eigenvalue weighted by atomic mass is 10.5. The molecule has 0 fully saturated rings. The van der Waals surface area contributed by atoms with E-state index in [1.165, 1.54) is 0 Å². The van der Waals surface area contributed by atoms with Crippen molar-refractivity contribution in [3.63, 3.8) is 0 Å². The minimum Gasteiger partial charge on any atom is -0.296 e. The molecule has 0 aromatic carbocycles. The van der Waals surface area contributed by atoms with Gasteiger partial charge in [0.1, 0.15) is 5.69 Å². The largest absolute Gasteiger partial charge is 0.296 e. The topological polar surface area (TPSA) is 30.0 Å². The van der Waals surface area contributed by atoms with Crippen LogP contribution in [0, 0.1) is 5.38 Å². The molecule has 0 N–H and O–H groups in total. The van der Waals surface area contributed by atoms with Crippen molar-refractivity contribution < 1.29 is 4.79 Å². The second kappa shape index (κ2) is 1.84. The van der Waals surface area contributed by atoms with Gasteiger partial charge in [0.25, 0.3) is 0 Å². The zero-order chi connectivity index (χ0) is 5.11. The van der Waals surface area contributed by atoms with Crippen molar-refractivity contribution in [3.8, 4) is 0 Å². The van der Waals surface area contributed by atoms with E-state index < -0.39 is 0 Å². The van der Waals surface area contributed by atoms with Crippen LogP contribution < -0.4 is 0 Å². The molecule has 35 valence electrons. The molecule has 1 rings (SSSR count). The van der Waals surface area contributed by atoms with Gasteiger partial charge in [0.2, 0.25) is 0 Å². The maximum absolute atomic E-state index is 9.79. The molecular formula is C4H2NOS. The molecule has 0 amide bonds. The zero-order valence-corrected chi connectivity index (χ0v) is 4.23. The van der Waals surface area contributed by atoms with Gasteiger partial charge in [-0.25, -0.2) is 0 Å². The lowest BCUT2D eigenvalue weighted by molar-refractivity contribution is 0.112. The average molecular weight is 112 g/mol. The summed E-state index contributed by atoms with van der Waals surface area (Å²) in [6.45, 7) is 0. The van der Waals surface area contributed by atoms with E-state index in [9.17, 15) is 4.79 Å². The Bertz CT molecular complexity index is 147. The lowest BCUT2D eigenvalue weighted by Gasteiger charge is -1.64. The first-order valence-electron chi connectivity index (χ1n) is 1.71. The number of aldehydes is 1. The van der Waals surface area contributed by atoms with E-state index in [-0.39, 0.29) is 0 Å². The third-order valence-electron chi connectivity index (χ3n) is 0.531. The standard InChI is InChI=1S/C4H2NOS/c6-3-4-1-2-7-5-4/h1,3H. The highest BCUT2D eigenvalue weighted by atomic mass is 32.1. The van der Waals surface area contributed by atoms with Gasteiger partial charge < -0.3 is 0 Å². The third kappa shape index (κ3) is 0.838. The highest BCUT2D eigenvalue weighted by Crippen LogP contribution is 1.92. The summed E-state index contributed by atoms with van der Waals surface area (Å²) in [4.78, 5) is 9.79. The maximum atomic E-state index is 9.79. The minimum absolute atomic E-state index is 0.463. The van der Waals surface area contributed by atoms with Crippen LogP contribution in [0.5, 0.6) is 0 Å². The number of aromatic nitrogens is 1. The average Bonchev–Trinajstić information content (AvgIpc) is 2.14. The van der Waals surface area contributed by atoms with Crippen LogP contribution in [0.2, 0.25) is 0 Å². The van der Waals surface area contributed by atoms with E-state index in [1.807, 2.05) is 0 Å². The Hall–Kier alpha value is -0.700. The maximum Gasteiger partial charge on any atom is 0.169 e. The molecular weight excluding hydrogens is 110 g/mol. The predicted octanol–water partition coefficient (Wildman–Crippen LogP) is 0.756. The Balaban J connectivity index is 2.96. The smallest absolute Gasteiger partial charge is 0.169 e. The van der Waals surface area contributed by atoms with Crippen LogP contribution in [0.3, 0.4) is 0 Å². The molecule has 2 nitrogen and oxygen atoms in total. The predicted molar refractivity (Wildman–Crippen MR) is 26.3 cm³/mol. The third-order valence-corrected chi connectivity index (χ3v) is 1.06. The Kier molecular flexibility index (Phi) is 1.17. The Morgan fingerprint density at radius 1 is 2.00 bits per heavy atom. The van der Waals surface area contributed by atoms with Gasteiger partial charge in [0.05, 0.1) is 5.38 Å². The summed E-state index contributed by atoms with van der Waals surface area (Å²) in [7, 11) is 0. The fourth-order valence-corrected chi connectivity index (χ4v) is 0.675. The molecule has 3 heteroatoms. The molecule has 1 radical (unpaired) electrons. The van der Waals surface area contributed by atoms with E-state index in [1.54, 1.807) is 6.07 Å². The van der Waals surface area contributed by atoms with Gasteiger partial charge in [-0.15, -0.1) is 0 Å². The SMILES string of the molecule is O=Cc1c[c]sn1. The van der Waals surface area contributed by atoms with Gasteiger partial charge in [0, 0.05) is 0 Å². The number of nitrogens with zero attached hydrogens (tertiary/aromatic N) is 1. The van der Waals surface area contributed by atoms with Gasteiger partial charge in [-0.1, -0.05) is 0 Å². The highest BCUT2D eigenvalue weighted by molar-refractivity contribution is 7.03. The molecule has 0 unspecified atom stereocenters. The Morgan fingerprint density at radius 3 is 3.14 bits per heavy atom. The summed E-state index contributed by atoms with van der Waals surface area (Å²) >= 11 is 1.16. The molecule has 7 heavy (non-hydrogen) atoms. The molecule has 0 atom stereocenters. The van der Waals surface area contributed by atoms with E-state index in [2.05, 4.69) is 9.75 Å². The molecule has 0 aliphatic heterocycles. The van der Waals surface area contributed by atoms with E-state index in [0.717, 1.165) is 11.5 Å². The second-order valence-electron chi connectivity index (χ2n) is 0.987. The first-order chi connectivity index (χ1) is 3.43. The van der Waals surface area contributed by atoms with Gasteiger partial charge in [-0.2, -0.15) is 4.37 Å². The van der Waals surface area contributed by atoms with Gasteiger partial charge in [0.15, 0.2) is 6.29 Å². The summed E-state index contributed by atoms with van der Waals surface area (Å²) in [5.74, 6) is 0. The zero-order valence-electron chi connectivity index (χ0n) is 3.42. The molecule has 0 saturated carbocycles. The van der Waals surface area contributed by atoms with Crippen molar-refractivity contribution in [1.29, 1.82) is 0 Å². The van der Waals surface area contributed by atoms with E-state index >= 15 is 0 Å². The van der Waals surface area contributed by atoms with E-state index in [0.29, 0.717) is 12.0 Å². The number of carbonyl (C=O) groups excluding carboxylic acids is 1. The normalized spacial score (nSPS) is 8.57. The van der Waals surface area contributed by atoms with Crippen molar-refractivity contribution >= 4 is 17.8 Å². The second-order valence-corrected chi connectivity index (χ2v) is 1.59. The van der Waals surface area contributed by atoms with Gasteiger partial charge in [-0.05, 0) is 17.6 Å². The van der Waals surface area contributed by atoms with Crippen LogP contribution in [0.25, 0.3) is 0 Å². The lowest BCUT2D eigenvalue weighted by Crippen LogP contribution is -1.71. The van der Waals surface area contributed by atoms with Crippen molar-refractivity contribution in [2.24, 2.45) is 0 Å². The minimum atomic E-state index is 0.463. The molecule has 0 aliphatic carbocycles. The number of hydrogen-bond acceptors (Lipinski definition) is 3. The summed E-state index contributed by atoms with van der Waals surface area (Å²) < 4.78 is 3.65. The van der Waals surface area contributed by atoms with Crippen molar-refractivity contribution in [2.75, 3.05) is 0 Å². The monoisotopic (exact) mass is 112 g/mol. The van der Waals surface area contributed by atoms with E-state index in [4.69, 9.17) is 0 Å². The highest BCUT2D eigenvalue weighted by Gasteiger charge is 1.85. The van der Waals surface area contributed by atoms with Crippen LogP contribution in [0.1, 0.15) is 10.5 Å². The summed E-state index contributed by atoms with van der Waals surface area (Å²) in [5, 5.41) is 2.68. The first-order valence-corrected chi connectivity index (χ1v) is 2.49. The van der Waals surface area contributed by atoms with Gasteiger partial charge in [-0.3, -0.25) is 4.79 Å². The quantitative estimate of drug-likeness (QED) is 0.502. The molecule has 0 aliphatic rings. The molecule has 0 spiro atoms. The fraction of sp³-hybridized carbons (Fsp3) is 0. The number of hydrogen-bond donors (Lipinski definition) is 0. The molecule has 1 heterocycles. The van der Waals surface area contributed by atoms with Crippen LogP contribution in [-0.4, -0.2) is 10.7 Å². The number of carbonyl (C=O) groups is 1. The molecule has 0 saturated heterocycles. The van der Waals surface area contributed by atoms with Crippen molar-refractivity contribution in [1.82, 2.24) is 4.37 Å². The Labute approximate surface area is 45.0 Å². The van der Waals surface area contributed by atoms with Crippen LogP contribution in [0.4, 0.5) is 0 Å². The van der Waals surface area contributed by atoms with Crippen LogP contribution in [0.15, 0.2) is 6.07 Å². The first kappa shape index (κ1) is 4.46. The Morgan fingerprint density at radius 2 is 2.86 bits per heavy atom. The van der Waals surface area contributed by atoms with Gasteiger partial charge >= 0.3 is 0 Å². The molecule has 0 bridgehead atoms. The summed E-state index contributed by atoms with van der Waals surface area (Å²) in [6, 6.07) is 1.55. The summed E-state index contributed by atoms with van der Waals surface area (Å²) in [5.41, 5.74) is 0.463. The summed E-state index contributed by atoms with van der Waals surface area (Å²) in [6.07, 6.45) is 0.701. The molecule has 1 aromatic heterocycles. The molecule has 1 aromatic rings. The van der Waals surface area contributed by atoms with Crippen molar-refractivity contribution in [3.05, 3.63) is 17.1 Å².